The smallest absolute Gasteiger partial charge is 0.232 e. The number of nitrogens with zero attached hydrogens (tertiary/aromatic N) is 2. The van der Waals surface area contributed by atoms with E-state index in [0.717, 1.165) is 25.2 Å². The van der Waals surface area contributed by atoms with E-state index in [1.165, 1.54) is 29.0 Å². The van der Waals surface area contributed by atoms with Gasteiger partial charge in [-0.3, -0.25) is 14.0 Å². The molecule has 2 aromatic rings. The number of rotatable bonds is 12. The van der Waals surface area contributed by atoms with E-state index in [1.807, 2.05) is 19.1 Å². The molecule has 8 heteroatoms. The van der Waals surface area contributed by atoms with Gasteiger partial charge in [0.2, 0.25) is 15.9 Å². The van der Waals surface area contributed by atoms with Gasteiger partial charge in [0.25, 0.3) is 0 Å². The van der Waals surface area contributed by atoms with E-state index in [9.17, 15) is 13.2 Å². The zero-order valence-electron chi connectivity index (χ0n) is 19.6. The summed E-state index contributed by atoms with van der Waals surface area (Å²) in [5.74, 6) is 0.610. The first-order chi connectivity index (χ1) is 15.8. The first kappa shape index (κ1) is 25.1. The van der Waals surface area contributed by atoms with E-state index in [2.05, 4.69) is 22.3 Å². The standard InChI is InChI=1S/C25H35N3O4S/c1-3-32-24-13-11-23(12-14-24)28(33(2,30)31)17-7-10-25(29)26-19-21-8-6-9-22(18-21)20-27-15-4-5-16-27/h6,8-9,11-14,18H,3-5,7,10,15-17,19-20H2,1-2H3,(H,26,29). The summed E-state index contributed by atoms with van der Waals surface area (Å²) >= 11 is 0. The number of sulfonamides is 1. The van der Waals surface area contributed by atoms with Gasteiger partial charge in [-0.25, -0.2) is 8.42 Å². The molecule has 1 amide bonds. The monoisotopic (exact) mass is 473 g/mol. The lowest BCUT2D eigenvalue weighted by atomic mass is 10.1. The molecule has 3 rings (SSSR count). The molecule has 0 saturated carbocycles. The van der Waals surface area contributed by atoms with Crippen LogP contribution >= 0.6 is 0 Å². The van der Waals surface area contributed by atoms with Crippen LogP contribution in [0.15, 0.2) is 48.5 Å². The first-order valence-electron chi connectivity index (χ1n) is 11.6. The molecule has 0 spiro atoms. The molecule has 1 fully saturated rings. The minimum Gasteiger partial charge on any atom is -0.494 e. The van der Waals surface area contributed by atoms with Crippen molar-refractivity contribution in [2.24, 2.45) is 0 Å². The van der Waals surface area contributed by atoms with Gasteiger partial charge in [0, 0.05) is 26.1 Å². The Morgan fingerprint density at radius 2 is 1.79 bits per heavy atom. The van der Waals surface area contributed by atoms with Crippen molar-refractivity contribution in [3.05, 3.63) is 59.7 Å². The molecule has 33 heavy (non-hydrogen) atoms. The third kappa shape index (κ3) is 8.05. The Balaban J connectivity index is 1.47. The predicted molar refractivity (Wildman–Crippen MR) is 132 cm³/mol. The lowest BCUT2D eigenvalue weighted by Crippen LogP contribution is -2.32. The molecular formula is C25H35N3O4S. The Kier molecular flexibility index (Phi) is 9.14. The summed E-state index contributed by atoms with van der Waals surface area (Å²) in [5, 5.41) is 2.96. The van der Waals surface area contributed by atoms with Crippen LogP contribution in [-0.4, -0.2) is 51.7 Å². The van der Waals surface area contributed by atoms with E-state index in [1.54, 1.807) is 24.3 Å². The number of carbonyl (C=O) groups is 1. The molecule has 1 aliphatic rings. The highest BCUT2D eigenvalue weighted by Gasteiger charge is 2.18. The van der Waals surface area contributed by atoms with Crippen LogP contribution in [0.5, 0.6) is 5.75 Å². The molecule has 1 N–H and O–H groups in total. The molecule has 7 nitrogen and oxygen atoms in total. The Morgan fingerprint density at radius 1 is 1.09 bits per heavy atom. The SMILES string of the molecule is CCOc1ccc(N(CCCC(=O)NCc2cccc(CN3CCCC3)c2)S(C)(=O)=O)cc1. The summed E-state index contributed by atoms with van der Waals surface area (Å²) in [6.07, 6.45) is 4.41. The molecule has 0 aliphatic carbocycles. The van der Waals surface area contributed by atoms with Crippen LogP contribution in [0.3, 0.4) is 0 Å². The normalized spacial score (nSPS) is 14.2. The summed E-state index contributed by atoms with van der Waals surface area (Å²) in [6, 6.07) is 15.3. The molecule has 1 aliphatic heterocycles. The summed E-state index contributed by atoms with van der Waals surface area (Å²) in [4.78, 5) is 14.8. The van der Waals surface area contributed by atoms with E-state index in [0.29, 0.717) is 31.0 Å². The lowest BCUT2D eigenvalue weighted by molar-refractivity contribution is -0.121. The van der Waals surface area contributed by atoms with Crippen molar-refractivity contribution in [3.63, 3.8) is 0 Å². The molecule has 0 aromatic heterocycles. The van der Waals surface area contributed by atoms with Gasteiger partial charge in [-0.15, -0.1) is 0 Å². The summed E-state index contributed by atoms with van der Waals surface area (Å²) in [6.45, 7) is 6.42. The number of hydrogen-bond donors (Lipinski definition) is 1. The second-order valence-corrected chi connectivity index (χ2v) is 10.4. The molecule has 0 unspecified atom stereocenters. The summed E-state index contributed by atoms with van der Waals surface area (Å²) in [7, 11) is -3.45. The predicted octanol–water partition coefficient (Wildman–Crippen LogP) is 3.54. The highest BCUT2D eigenvalue weighted by molar-refractivity contribution is 7.92. The minimum atomic E-state index is -3.45. The number of anilines is 1. The van der Waals surface area contributed by atoms with Crippen molar-refractivity contribution in [2.75, 3.05) is 36.8 Å². The van der Waals surface area contributed by atoms with Crippen LogP contribution in [-0.2, 0) is 27.9 Å². The van der Waals surface area contributed by atoms with Gasteiger partial charge >= 0.3 is 0 Å². The summed E-state index contributed by atoms with van der Waals surface area (Å²) in [5.41, 5.74) is 2.91. The lowest BCUT2D eigenvalue weighted by Gasteiger charge is -2.22. The Labute approximate surface area is 197 Å². The maximum atomic E-state index is 12.4. The number of carbonyl (C=O) groups excluding carboxylic acids is 1. The summed E-state index contributed by atoms with van der Waals surface area (Å²) < 4.78 is 31.3. The van der Waals surface area contributed by atoms with Gasteiger partial charge in [-0.05, 0) is 74.7 Å². The Morgan fingerprint density at radius 3 is 2.45 bits per heavy atom. The Bertz CT molecular complexity index is 1000. The van der Waals surface area contributed by atoms with Gasteiger partial charge in [-0.2, -0.15) is 0 Å². The maximum Gasteiger partial charge on any atom is 0.232 e. The van der Waals surface area contributed by atoms with Crippen LogP contribution in [0.4, 0.5) is 5.69 Å². The number of hydrogen-bond acceptors (Lipinski definition) is 5. The molecule has 1 saturated heterocycles. The van der Waals surface area contributed by atoms with E-state index in [-0.39, 0.29) is 18.9 Å². The van der Waals surface area contributed by atoms with E-state index >= 15 is 0 Å². The third-order valence-electron chi connectivity index (χ3n) is 5.69. The highest BCUT2D eigenvalue weighted by atomic mass is 32.2. The quantitative estimate of drug-likeness (QED) is 0.510. The highest BCUT2D eigenvalue weighted by Crippen LogP contribution is 2.22. The molecule has 1 heterocycles. The minimum absolute atomic E-state index is 0.0832. The average Bonchev–Trinajstić information content (AvgIpc) is 3.29. The molecule has 0 atom stereocenters. The average molecular weight is 474 g/mol. The van der Waals surface area contributed by atoms with Gasteiger partial charge in [0.05, 0.1) is 18.6 Å². The van der Waals surface area contributed by atoms with Gasteiger partial charge < -0.3 is 10.1 Å². The first-order valence-corrected chi connectivity index (χ1v) is 13.5. The van der Waals surface area contributed by atoms with Crippen molar-refractivity contribution >= 4 is 21.6 Å². The number of benzene rings is 2. The van der Waals surface area contributed by atoms with E-state index in [4.69, 9.17) is 4.74 Å². The van der Waals surface area contributed by atoms with Gasteiger partial charge in [0.1, 0.15) is 5.75 Å². The molecule has 0 radical (unpaired) electrons. The molecule has 0 bridgehead atoms. The van der Waals surface area contributed by atoms with Crippen LogP contribution in [0.25, 0.3) is 0 Å². The third-order valence-corrected chi connectivity index (χ3v) is 6.88. The second-order valence-electron chi connectivity index (χ2n) is 8.45. The van der Waals surface area contributed by atoms with Crippen LogP contribution < -0.4 is 14.4 Å². The zero-order valence-corrected chi connectivity index (χ0v) is 20.4. The van der Waals surface area contributed by atoms with E-state index < -0.39 is 10.0 Å². The fraction of sp³-hybridized carbons (Fsp3) is 0.480. The van der Waals surface area contributed by atoms with Crippen molar-refractivity contribution in [1.82, 2.24) is 10.2 Å². The molecule has 180 valence electrons. The van der Waals surface area contributed by atoms with Gasteiger partial charge in [-0.1, -0.05) is 24.3 Å². The fourth-order valence-corrected chi connectivity index (χ4v) is 5.04. The number of likely N-dealkylation sites (tertiary alicyclic amines) is 1. The Hall–Kier alpha value is -2.58. The van der Waals surface area contributed by atoms with Crippen molar-refractivity contribution in [2.45, 2.75) is 45.7 Å². The topological polar surface area (TPSA) is 79.0 Å². The fourth-order valence-electron chi connectivity index (χ4n) is 4.07. The van der Waals surface area contributed by atoms with Crippen LogP contribution in [0.1, 0.15) is 43.7 Å². The number of ether oxygens (including phenoxy) is 1. The maximum absolute atomic E-state index is 12.4. The van der Waals surface area contributed by atoms with Gasteiger partial charge in [0.15, 0.2) is 0 Å². The van der Waals surface area contributed by atoms with Crippen molar-refractivity contribution in [3.8, 4) is 5.75 Å². The molecule has 2 aromatic carbocycles. The van der Waals surface area contributed by atoms with Crippen LogP contribution in [0.2, 0.25) is 0 Å². The van der Waals surface area contributed by atoms with Crippen molar-refractivity contribution < 1.29 is 17.9 Å². The van der Waals surface area contributed by atoms with Crippen LogP contribution in [0, 0.1) is 0 Å². The number of nitrogens with one attached hydrogen (secondary N) is 1. The number of amides is 1. The molecular weight excluding hydrogens is 438 g/mol. The second kappa shape index (κ2) is 12.0. The van der Waals surface area contributed by atoms with Crippen molar-refractivity contribution in [1.29, 1.82) is 0 Å². The largest absolute Gasteiger partial charge is 0.494 e. The zero-order chi connectivity index (χ0) is 23.7.